The molecule has 0 bridgehead atoms. The summed E-state index contributed by atoms with van der Waals surface area (Å²) in [6, 6.07) is 5.25. The molecule has 2 rings (SSSR count). The van der Waals surface area contributed by atoms with Gasteiger partial charge in [-0.3, -0.25) is 0 Å². The van der Waals surface area contributed by atoms with Crippen LogP contribution in [0.4, 0.5) is 11.4 Å². The molecule has 0 amide bonds. The third-order valence-corrected chi connectivity index (χ3v) is 3.63. The van der Waals surface area contributed by atoms with Crippen molar-refractivity contribution in [3.8, 4) is 0 Å². The van der Waals surface area contributed by atoms with Crippen LogP contribution in [0.15, 0.2) is 18.2 Å². The molecule has 1 aliphatic carbocycles. The Labute approximate surface area is 124 Å². The first-order chi connectivity index (χ1) is 10.1. The average Bonchev–Trinajstić information content (AvgIpc) is 2.47. The van der Waals surface area contributed by atoms with Crippen molar-refractivity contribution in [3.63, 3.8) is 0 Å². The minimum Gasteiger partial charge on any atom is -0.465 e. The van der Waals surface area contributed by atoms with Crippen molar-refractivity contribution in [2.75, 3.05) is 31.6 Å². The van der Waals surface area contributed by atoms with E-state index in [2.05, 4.69) is 4.74 Å². The molecule has 0 atom stereocenters. The van der Waals surface area contributed by atoms with Crippen LogP contribution in [0.2, 0.25) is 0 Å². The van der Waals surface area contributed by atoms with Crippen molar-refractivity contribution >= 4 is 17.3 Å². The molecule has 0 radical (unpaired) electrons. The van der Waals surface area contributed by atoms with E-state index in [9.17, 15) is 4.79 Å². The summed E-state index contributed by atoms with van der Waals surface area (Å²) in [6.07, 6.45) is 1.66. The predicted octanol–water partition coefficient (Wildman–Crippen LogP) is 0.115. The molecule has 1 fully saturated rings. The summed E-state index contributed by atoms with van der Waals surface area (Å²) in [5, 5.41) is 17.6. The number of esters is 1. The third-order valence-electron chi connectivity index (χ3n) is 3.63. The second-order valence-corrected chi connectivity index (χ2v) is 4.81. The van der Waals surface area contributed by atoms with Gasteiger partial charge in [0.15, 0.2) is 0 Å². The number of para-hydroxylation sites is 1. The number of aliphatic hydroxyl groups excluding tert-OH is 2. The Morgan fingerprint density at radius 3 is 2.57 bits per heavy atom. The highest BCUT2D eigenvalue weighted by atomic mass is 16.5. The Bertz CT molecular complexity index is 475. The van der Waals surface area contributed by atoms with Gasteiger partial charge in [0.25, 0.3) is 0 Å². The van der Waals surface area contributed by atoms with E-state index in [0.717, 1.165) is 20.0 Å². The molecule has 1 saturated carbocycles. The highest BCUT2D eigenvalue weighted by Gasteiger charge is 2.33. The van der Waals surface area contributed by atoms with Crippen molar-refractivity contribution < 1.29 is 19.7 Å². The van der Waals surface area contributed by atoms with Gasteiger partial charge in [0.2, 0.25) is 0 Å². The van der Waals surface area contributed by atoms with Crippen LogP contribution in [-0.4, -0.2) is 43.1 Å². The SMILES string of the molecule is CO.COC(=O)c1cccc(N(N)C2CC(CO)C2)c1N. The summed E-state index contributed by atoms with van der Waals surface area (Å²) in [6.45, 7) is 0.183. The van der Waals surface area contributed by atoms with Gasteiger partial charge in [0.05, 0.1) is 24.0 Å². The van der Waals surface area contributed by atoms with E-state index in [1.54, 1.807) is 23.2 Å². The maximum absolute atomic E-state index is 11.6. The van der Waals surface area contributed by atoms with E-state index in [1.807, 2.05) is 0 Å². The Morgan fingerprint density at radius 1 is 1.43 bits per heavy atom. The predicted molar refractivity (Wildman–Crippen MR) is 80.6 cm³/mol. The van der Waals surface area contributed by atoms with Crippen LogP contribution < -0.4 is 16.6 Å². The first-order valence-electron chi connectivity index (χ1n) is 6.64. The molecule has 0 saturated heterocycles. The fourth-order valence-corrected chi connectivity index (χ4v) is 2.34. The highest BCUT2D eigenvalue weighted by Crippen LogP contribution is 2.35. The summed E-state index contributed by atoms with van der Waals surface area (Å²) < 4.78 is 4.68. The quantitative estimate of drug-likeness (QED) is 0.269. The fourth-order valence-electron chi connectivity index (χ4n) is 2.34. The summed E-state index contributed by atoms with van der Waals surface area (Å²) >= 11 is 0. The average molecular weight is 297 g/mol. The van der Waals surface area contributed by atoms with Gasteiger partial charge in [0.1, 0.15) is 0 Å². The van der Waals surface area contributed by atoms with Crippen LogP contribution >= 0.6 is 0 Å². The standard InChI is InChI=1S/C13H19N3O3.CH4O/c1-19-13(18)10-3-2-4-11(12(10)14)16(15)9-5-8(6-9)7-17;1-2/h2-4,8-9,17H,5-7,14-15H2,1H3;2H,1H3. The van der Waals surface area contributed by atoms with Gasteiger partial charge in [-0.15, -0.1) is 0 Å². The molecule has 7 nitrogen and oxygen atoms in total. The summed E-state index contributed by atoms with van der Waals surface area (Å²) in [5.41, 5.74) is 7.22. The van der Waals surface area contributed by atoms with E-state index < -0.39 is 5.97 Å². The fraction of sp³-hybridized carbons (Fsp3) is 0.500. The number of anilines is 2. The molecule has 1 aromatic rings. The van der Waals surface area contributed by atoms with Gasteiger partial charge in [-0.1, -0.05) is 6.07 Å². The molecule has 0 aromatic heterocycles. The number of methoxy groups -OCH3 is 1. The minimum atomic E-state index is -0.477. The zero-order valence-electron chi connectivity index (χ0n) is 12.3. The molecule has 0 unspecified atom stereocenters. The second-order valence-electron chi connectivity index (χ2n) is 4.81. The largest absolute Gasteiger partial charge is 0.465 e. The number of carbonyl (C=O) groups is 1. The van der Waals surface area contributed by atoms with Crippen LogP contribution in [0.25, 0.3) is 0 Å². The Morgan fingerprint density at radius 2 is 2.05 bits per heavy atom. The molecule has 1 aromatic carbocycles. The lowest BCUT2D eigenvalue weighted by Gasteiger charge is -2.41. The molecule has 0 heterocycles. The van der Waals surface area contributed by atoms with Crippen molar-refractivity contribution in [2.45, 2.75) is 18.9 Å². The molecule has 118 valence electrons. The Kier molecular flexibility index (Phi) is 6.41. The lowest BCUT2D eigenvalue weighted by Crippen LogP contribution is -2.50. The number of hydrogen-bond donors (Lipinski definition) is 4. The van der Waals surface area contributed by atoms with E-state index in [4.69, 9.17) is 21.8 Å². The van der Waals surface area contributed by atoms with Crippen LogP contribution in [0.3, 0.4) is 0 Å². The Balaban J connectivity index is 0.00000106. The van der Waals surface area contributed by atoms with Crippen LogP contribution in [0, 0.1) is 5.92 Å². The second kappa shape index (κ2) is 7.82. The molecular formula is C14H23N3O4. The molecule has 21 heavy (non-hydrogen) atoms. The van der Waals surface area contributed by atoms with Crippen LogP contribution in [0.5, 0.6) is 0 Å². The molecule has 7 heteroatoms. The third kappa shape index (κ3) is 3.63. The van der Waals surface area contributed by atoms with E-state index >= 15 is 0 Å². The molecule has 0 spiro atoms. The van der Waals surface area contributed by atoms with E-state index in [-0.39, 0.29) is 12.6 Å². The Hall–Kier alpha value is -1.83. The number of ether oxygens (including phenoxy) is 1. The van der Waals surface area contributed by atoms with Gasteiger partial charge >= 0.3 is 5.97 Å². The van der Waals surface area contributed by atoms with Crippen LogP contribution in [0.1, 0.15) is 23.2 Å². The number of nitrogen functional groups attached to an aromatic ring is 1. The van der Waals surface area contributed by atoms with Crippen molar-refractivity contribution in [1.82, 2.24) is 0 Å². The summed E-state index contributed by atoms with van der Waals surface area (Å²) in [7, 11) is 2.31. The first-order valence-corrected chi connectivity index (χ1v) is 6.64. The number of nitrogens with zero attached hydrogens (tertiary/aromatic N) is 1. The number of aliphatic hydroxyl groups is 2. The van der Waals surface area contributed by atoms with E-state index in [0.29, 0.717) is 22.9 Å². The number of carbonyl (C=O) groups excluding carboxylic acids is 1. The first kappa shape index (κ1) is 17.2. The van der Waals surface area contributed by atoms with Gasteiger partial charge in [-0.25, -0.2) is 10.6 Å². The van der Waals surface area contributed by atoms with Gasteiger partial charge in [-0.05, 0) is 30.9 Å². The van der Waals surface area contributed by atoms with Crippen molar-refractivity contribution in [1.29, 1.82) is 0 Å². The smallest absolute Gasteiger partial charge is 0.340 e. The van der Waals surface area contributed by atoms with Crippen LogP contribution in [-0.2, 0) is 4.74 Å². The highest BCUT2D eigenvalue weighted by molar-refractivity contribution is 5.98. The topological polar surface area (TPSA) is 122 Å². The lowest BCUT2D eigenvalue weighted by molar-refractivity contribution is 0.0602. The van der Waals surface area contributed by atoms with Gasteiger partial charge < -0.3 is 25.7 Å². The maximum atomic E-state index is 11.6. The lowest BCUT2D eigenvalue weighted by atomic mass is 9.80. The zero-order valence-corrected chi connectivity index (χ0v) is 12.3. The number of hydrogen-bond acceptors (Lipinski definition) is 7. The monoisotopic (exact) mass is 297 g/mol. The minimum absolute atomic E-state index is 0.146. The molecular weight excluding hydrogens is 274 g/mol. The number of benzene rings is 1. The van der Waals surface area contributed by atoms with Crippen molar-refractivity contribution in [3.05, 3.63) is 23.8 Å². The summed E-state index contributed by atoms with van der Waals surface area (Å²) in [5.74, 6) is 5.88. The molecule has 6 N–H and O–H groups in total. The maximum Gasteiger partial charge on any atom is 0.340 e. The number of rotatable bonds is 4. The normalized spacial score (nSPS) is 19.9. The number of nitrogens with two attached hydrogens (primary N) is 2. The van der Waals surface area contributed by atoms with Gasteiger partial charge in [-0.2, -0.15) is 0 Å². The summed E-state index contributed by atoms with van der Waals surface area (Å²) in [4.78, 5) is 11.6. The van der Waals surface area contributed by atoms with Gasteiger partial charge in [0, 0.05) is 19.8 Å². The molecule has 0 aliphatic heterocycles. The number of hydrazine groups is 1. The zero-order chi connectivity index (χ0) is 16.0. The van der Waals surface area contributed by atoms with E-state index in [1.165, 1.54) is 7.11 Å². The van der Waals surface area contributed by atoms with Crippen molar-refractivity contribution in [2.24, 2.45) is 11.8 Å². The molecule has 1 aliphatic rings.